The third-order valence-corrected chi connectivity index (χ3v) is 4.44. The van der Waals surface area contributed by atoms with Crippen molar-refractivity contribution in [2.45, 2.75) is 17.5 Å². The van der Waals surface area contributed by atoms with E-state index < -0.39 is 0 Å². The van der Waals surface area contributed by atoms with E-state index in [9.17, 15) is 0 Å². The Morgan fingerprint density at radius 1 is 1.37 bits per heavy atom. The number of benzene rings is 1. The predicted octanol–water partition coefficient (Wildman–Crippen LogP) is 3.03. The highest BCUT2D eigenvalue weighted by atomic mass is 32.2. The van der Waals surface area contributed by atoms with Crippen LogP contribution in [0.1, 0.15) is 17.2 Å². The second-order valence-electron chi connectivity index (χ2n) is 4.49. The molecule has 1 aromatic carbocycles. The zero-order valence-electron chi connectivity index (χ0n) is 10.8. The van der Waals surface area contributed by atoms with Gasteiger partial charge in [0.2, 0.25) is 5.88 Å². The lowest BCUT2D eigenvalue weighted by molar-refractivity contribution is 0.397. The van der Waals surface area contributed by atoms with Crippen molar-refractivity contribution in [1.29, 1.82) is 0 Å². The first-order chi connectivity index (χ1) is 9.36. The number of fused-ring (bicyclic) bond motifs is 1. The van der Waals surface area contributed by atoms with E-state index in [-0.39, 0.29) is 0 Å². The van der Waals surface area contributed by atoms with Crippen molar-refractivity contribution < 1.29 is 4.74 Å². The molecular weight excluding hydrogens is 256 g/mol. The Labute approximate surface area is 117 Å². The van der Waals surface area contributed by atoms with Gasteiger partial charge in [0.05, 0.1) is 7.11 Å². The van der Waals surface area contributed by atoms with Crippen LogP contribution in [0.3, 0.4) is 0 Å². The molecule has 0 radical (unpaired) electrons. The first-order valence-corrected chi connectivity index (χ1v) is 7.29. The van der Waals surface area contributed by atoms with Gasteiger partial charge in [-0.1, -0.05) is 18.2 Å². The van der Waals surface area contributed by atoms with Crippen molar-refractivity contribution in [3.63, 3.8) is 0 Å². The molecule has 2 aromatic rings. The lowest BCUT2D eigenvalue weighted by Gasteiger charge is -2.13. The summed E-state index contributed by atoms with van der Waals surface area (Å²) in [5.74, 6) is 1.77. The summed E-state index contributed by atoms with van der Waals surface area (Å²) in [6.45, 7) is 0.832. The molecule has 1 N–H and O–H groups in total. The number of aromatic nitrogens is 1. The molecule has 1 unspecified atom stereocenters. The fourth-order valence-corrected chi connectivity index (χ4v) is 3.44. The van der Waals surface area contributed by atoms with E-state index >= 15 is 0 Å². The van der Waals surface area contributed by atoms with Crippen LogP contribution >= 0.6 is 11.8 Å². The number of methoxy groups -OCH3 is 1. The third-order valence-electron chi connectivity index (χ3n) is 3.26. The normalized spacial score (nSPS) is 17.2. The quantitative estimate of drug-likeness (QED) is 0.927. The fourth-order valence-electron chi connectivity index (χ4n) is 2.24. The van der Waals surface area contributed by atoms with Gasteiger partial charge in [0.15, 0.2) is 0 Å². The minimum Gasteiger partial charge on any atom is -0.481 e. The van der Waals surface area contributed by atoms with Gasteiger partial charge in [-0.2, -0.15) is 0 Å². The largest absolute Gasteiger partial charge is 0.481 e. The SMILES string of the molecule is COc1cc(CNC2CSc3ccccc32)ccn1. The van der Waals surface area contributed by atoms with Crippen LogP contribution in [-0.4, -0.2) is 17.8 Å². The molecule has 0 aliphatic carbocycles. The van der Waals surface area contributed by atoms with Gasteiger partial charge in [-0.05, 0) is 23.3 Å². The topological polar surface area (TPSA) is 34.1 Å². The molecule has 0 saturated heterocycles. The van der Waals surface area contributed by atoms with Crippen LogP contribution in [0.2, 0.25) is 0 Å². The Kier molecular flexibility index (Phi) is 3.71. The molecular formula is C15H16N2OS. The van der Waals surface area contributed by atoms with Crippen LogP contribution in [0.15, 0.2) is 47.5 Å². The molecule has 98 valence electrons. The molecule has 3 nitrogen and oxygen atoms in total. The molecule has 2 heterocycles. The van der Waals surface area contributed by atoms with Crippen molar-refractivity contribution in [2.75, 3.05) is 12.9 Å². The molecule has 0 spiro atoms. The Hall–Kier alpha value is -1.52. The highest BCUT2D eigenvalue weighted by Gasteiger charge is 2.21. The molecule has 3 rings (SSSR count). The predicted molar refractivity (Wildman–Crippen MR) is 77.5 cm³/mol. The maximum Gasteiger partial charge on any atom is 0.213 e. The zero-order chi connectivity index (χ0) is 13.1. The standard InChI is InChI=1S/C15H16N2OS/c1-18-15-8-11(6-7-16-15)9-17-13-10-19-14-5-3-2-4-12(13)14/h2-8,13,17H,9-10H2,1H3. The fraction of sp³-hybridized carbons (Fsp3) is 0.267. The Morgan fingerprint density at radius 2 is 2.26 bits per heavy atom. The van der Waals surface area contributed by atoms with Gasteiger partial charge < -0.3 is 10.1 Å². The third kappa shape index (κ3) is 2.74. The average Bonchev–Trinajstić information content (AvgIpc) is 2.89. The van der Waals surface area contributed by atoms with Crippen LogP contribution in [0.25, 0.3) is 0 Å². The number of nitrogens with zero attached hydrogens (tertiary/aromatic N) is 1. The molecule has 0 bridgehead atoms. The molecule has 19 heavy (non-hydrogen) atoms. The minimum atomic E-state index is 0.431. The lowest BCUT2D eigenvalue weighted by atomic mass is 10.1. The van der Waals surface area contributed by atoms with Crippen molar-refractivity contribution in [3.05, 3.63) is 53.7 Å². The number of ether oxygens (including phenoxy) is 1. The summed E-state index contributed by atoms with van der Waals surface area (Å²) in [4.78, 5) is 5.52. The van der Waals surface area contributed by atoms with E-state index in [1.807, 2.05) is 23.9 Å². The van der Waals surface area contributed by atoms with Crippen LogP contribution in [0.5, 0.6) is 5.88 Å². The van der Waals surface area contributed by atoms with Crippen LogP contribution < -0.4 is 10.1 Å². The van der Waals surface area contributed by atoms with Gasteiger partial charge in [0.25, 0.3) is 0 Å². The number of hydrogen-bond acceptors (Lipinski definition) is 4. The minimum absolute atomic E-state index is 0.431. The highest BCUT2D eigenvalue weighted by Crippen LogP contribution is 2.37. The average molecular weight is 272 g/mol. The summed E-state index contributed by atoms with van der Waals surface area (Å²) >= 11 is 1.92. The smallest absolute Gasteiger partial charge is 0.213 e. The molecule has 1 aromatic heterocycles. The number of hydrogen-bond donors (Lipinski definition) is 1. The van der Waals surface area contributed by atoms with Crippen molar-refractivity contribution >= 4 is 11.8 Å². The first kappa shape index (κ1) is 12.5. The van der Waals surface area contributed by atoms with Crippen LogP contribution in [-0.2, 0) is 6.54 Å². The molecule has 1 atom stereocenters. The van der Waals surface area contributed by atoms with Crippen LogP contribution in [0.4, 0.5) is 0 Å². The van der Waals surface area contributed by atoms with Crippen molar-refractivity contribution in [1.82, 2.24) is 10.3 Å². The maximum absolute atomic E-state index is 5.14. The van der Waals surface area contributed by atoms with E-state index in [4.69, 9.17) is 4.74 Å². The lowest BCUT2D eigenvalue weighted by Crippen LogP contribution is -2.20. The van der Waals surface area contributed by atoms with E-state index in [1.54, 1.807) is 13.3 Å². The van der Waals surface area contributed by atoms with Gasteiger partial charge in [-0.15, -0.1) is 11.8 Å². The number of nitrogens with one attached hydrogen (secondary N) is 1. The zero-order valence-corrected chi connectivity index (χ0v) is 11.6. The molecule has 1 aliphatic rings. The Balaban J connectivity index is 1.67. The summed E-state index contributed by atoms with van der Waals surface area (Å²) in [6, 6.07) is 13.0. The second kappa shape index (κ2) is 5.63. The second-order valence-corrected chi connectivity index (χ2v) is 5.55. The molecule has 0 fully saturated rings. The Bertz CT molecular complexity index is 574. The summed E-state index contributed by atoms with van der Waals surface area (Å²) < 4.78 is 5.14. The molecule has 0 saturated carbocycles. The molecule has 4 heteroatoms. The van der Waals surface area contributed by atoms with E-state index in [0.29, 0.717) is 11.9 Å². The van der Waals surface area contributed by atoms with Gasteiger partial charge in [-0.25, -0.2) is 4.98 Å². The van der Waals surface area contributed by atoms with Gasteiger partial charge in [-0.3, -0.25) is 0 Å². The summed E-state index contributed by atoms with van der Waals surface area (Å²) in [5, 5.41) is 3.60. The Morgan fingerprint density at radius 3 is 3.16 bits per heavy atom. The summed E-state index contributed by atoms with van der Waals surface area (Å²) in [6.07, 6.45) is 1.78. The maximum atomic E-state index is 5.14. The molecule has 0 amide bonds. The number of pyridine rings is 1. The van der Waals surface area contributed by atoms with E-state index in [2.05, 4.69) is 34.6 Å². The number of rotatable bonds is 4. The van der Waals surface area contributed by atoms with E-state index in [1.165, 1.54) is 16.0 Å². The van der Waals surface area contributed by atoms with Gasteiger partial charge in [0, 0.05) is 35.5 Å². The van der Waals surface area contributed by atoms with Crippen molar-refractivity contribution in [2.24, 2.45) is 0 Å². The number of thioether (sulfide) groups is 1. The molecule has 1 aliphatic heterocycles. The van der Waals surface area contributed by atoms with Crippen LogP contribution in [0, 0.1) is 0 Å². The van der Waals surface area contributed by atoms with Crippen molar-refractivity contribution in [3.8, 4) is 5.88 Å². The summed E-state index contributed by atoms with van der Waals surface area (Å²) in [7, 11) is 1.64. The highest BCUT2D eigenvalue weighted by molar-refractivity contribution is 7.99. The first-order valence-electron chi connectivity index (χ1n) is 6.31. The van der Waals surface area contributed by atoms with Gasteiger partial charge >= 0.3 is 0 Å². The van der Waals surface area contributed by atoms with Gasteiger partial charge in [0.1, 0.15) is 0 Å². The summed E-state index contributed by atoms with van der Waals surface area (Å²) in [5.41, 5.74) is 2.61. The van der Waals surface area contributed by atoms with E-state index in [0.717, 1.165) is 12.3 Å². The monoisotopic (exact) mass is 272 g/mol.